The van der Waals surface area contributed by atoms with Crippen LogP contribution in [0.5, 0.6) is 0 Å². The molecule has 0 amide bonds. The third-order valence-corrected chi connectivity index (χ3v) is 3.08. The fourth-order valence-electron chi connectivity index (χ4n) is 1.61. The van der Waals surface area contributed by atoms with E-state index >= 15 is 0 Å². The van der Waals surface area contributed by atoms with E-state index in [1.807, 2.05) is 13.8 Å². The lowest BCUT2D eigenvalue weighted by molar-refractivity contribution is -0.384. The molecular formula is C12H13ClN4O3. The molecule has 1 aromatic heterocycles. The van der Waals surface area contributed by atoms with Gasteiger partial charge in [0.05, 0.1) is 11.0 Å². The average Bonchev–Trinajstić information content (AvgIpc) is 2.86. The summed E-state index contributed by atoms with van der Waals surface area (Å²) >= 11 is 5.75. The van der Waals surface area contributed by atoms with Gasteiger partial charge in [-0.3, -0.25) is 10.1 Å². The molecule has 0 radical (unpaired) electrons. The number of benzene rings is 1. The highest BCUT2D eigenvalue weighted by Gasteiger charge is 2.23. The third kappa shape index (κ3) is 2.78. The first-order valence-electron chi connectivity index (χ1n) is 5.93. The second kappa shape index (κ2) is 5.56. The van der Waals surface area contributed by atoms with Crippen LogP contribution in [0.15, 0.2) is 22.7 Å². The molecule has 106 valence electrons. The summed E-state index contributed by atoms with van der Waals surface area (Å²) in [5.74, 6) is 0.499. The Morgan fingerprint density at radius 2 is 2.15 bits per heavy atom. The predicted octanol–water partition coefficient (Wildman–Crippen LogP) is 2.95. The molecule has 0 aliphatic carbocycles. The van der Waals surface area contributed by atoms with Gasteiger partial charge in [0.15, 0.2) is 5.82 Å². The lowest BCUT2D eigenvalue weighted by Gasteiger charge is -2.09. The van der Waals surface area contributed by atoms with Crippen LogP contribution in [0.2, 0.25) is 5.02 Å². The van der Waals surface area contributed by atoms with Crippen LogP contribution in [-0.4, -0.2) is 15.1 Å². The maximum atomic E-state index is 11.0. The summed E-state index contributed by atoms with van der Waals surface area (Å²) in [7, 11) is 0. The first-order chi connectivity index (χ1) is 9.40. The molecule has 1 atom stereocenters. The molecule has 2 N–H and O–H groups in total. The van der Waals surface area contributed by atoms with Gasteiger partial charge in [-0.15, -0.1) is 0 Å². The summed E-state index contributed by atoms with van der Waals surface area (Å²) in [4.78, 5) is 14.6. The lowest BCUT2D eigenvalue weighted by Crippen LogP contribution is -2.18. The van der Waals surface area contributed by atoms with Gasteiger partial charge in [-0.05, 0) is 18.1 Å². The second-order valence-electron chi connectivity index (χ2n) is 4.65. The lowest BCUT2D eigenvalue weighted by atomic mass is 10.1. The number of hydrogen-bond acceptors (Lipinski definition) is 6. The van der Waals surface area contributed by atoms with Gasteiger partial charge in [0.25, 0.3) is 11.6 Å². The molecule has 8 heteroatoms. The Bertz CT molecular complexity index is 641. The standard InChI is InChI=1S/C12H13ClN4O3/c1-6(2)10(14)11-15-12(20-16-11)8-4-3-7(13)5-9(8)17(18)19/h3-6,10H,14H2,1-2H3. The van der Waals surface area contributed by atoms with E-state index in [9.17, 15) is 10.1 Å². The van der Waals surface area contributed by atoms with Crippen molar-refractivity contribution in [2.75, 3.05) is 0 Å². The summed E-state index contributed by atoms with van der Waals surface area (Å²) in [6.07, 6.45) is 0. The van der Waals surface area contributed by atoms with Crippen molar-refractivity contribution in [1.29, 1.82) is 0 Å². The average molecular weight is 297 g/mol. The molecule has 0 aliphatic rings. The van der Waals surface area contributed by atoms with Crippen LogP contribution in [0.4, 0.5) is 5.69 Å². The number of halogens is 1. The van der Waals surface area contributed by atoms with Crippen molar-refractivity contribution < 1.29 is 9.45 Å². The van der Waals surface area contributed by atoms with Crippen LogP contribution in [0.3, 0.4) is 0 Å². The molecule has 0 saturated heterocycles. The number of rotatable bonds is 4. The Morgan fingerprint density at radius 3 is 2.75 bits per heavy atom. The van der Waals surface area contributed by atoms with Crippen LogP contribution in [0.1, 0.15) is 25.7 Å². The molecule has 0 fully saturated rings. The topological polar surface area (TPSA) is 108 Å². The molecule has 0 saturated carbocycles. The summed E-state index contributed by atoms with van der Waals surface area (Å²) in [5, 5.41) is 15.1. The maximum Gasteiger partial charge on any atom is 0.283 e. The zero-order chi connectivity index (χ0) is 14.9. The molecule has 0 aliphatic heterocycles. The first-order valence-corrected chi connectivity index (χ1v) is 6.31. The molecule has 2 aromatic rings. The van der Waals surface area contributed by atoms with E-state index in [1.54, 1.807) is 0 Å². The third-order valence-electron chi connectivity index (χ3n) is 2.84. The van der Waals surface area contributed by atoms with Gasteiger partial charge in [0.2, 0.25) is 0 Å². The van der Waals surface area contributed by atoms with E-state index in [0.29, 0.717) is 5.82 Å². The second-order valence-corrected chi connectivity index (χ2v) is 5.08. The van der Waals surface area contributed by atoms with Gasteiger partial charge in [-0.25, -0.2) is 0 Å². The number of aromatic nitrogens is 2. The van der Waals surface area contributed by atoms with Gasteiger partial charge in [-0.1, -0.05) is 30.6 Å². The van der Waals surface area contributed by atoms with Gasteiger partial charge in [-0.2, -0.15) is 4.98 Å². The number of nitrogens with two attached hydrogens (primary N) is 1. The van der Waals surface area contributed by atoms with Crippen LogP contribution < -0.4 is 5.73 Å². The Kier molecular flexibility index (Phi) is 4.01. The van der Waals surface area contributed by atoms with E-state index in [2.05, 4.69) is 10.1 Å². The number of hydrogen-bond donors (Lipinski definition) is 1. The minimum absolute atomic E-state index is 0.0551. The predicted molar refractivity (Wildman–Crippen MR) is 73.2 cm³/mol. The molecule has 2 rings (SSSR count). The van der Waals surface area contributed by atoms with Gasteiger partial charge in [0.1, 0.15) is 5.56 Å². The Hall–Kier alpha value is -1.99. The highest BCUT2D eigenvalue weighted by molar-refractivity contribution is 6.30. The minimum Gasteiger partial charge on any atom is -0.334 e. The van der Waals surface area contributed by atoms with E-state index in [1.165, 1.54) is 18.2 Å². The molecule has 1 heterocycles. The zero-order valence-electron chi connectivity index (χ0n) is 10.9. The summed E-state index contributed by atoms with van der Waals surface area (Å²) in [5.41, 5.74) is 5.94. The molecule has 20 heavy (non-hydrogen) atoms. The maximum absolute atomic E-state index is 11.0. The van der Waals surface area contributed by atoms with Crippen molar-refractivity contribution in [3.05, 3.63) is 39.2 Å². The van der Waals surface area contributed by atoms with E-state index in [4.69, 9.17) is 21.9 Å². The van der Waals surface area contributed by atoms with Crippen LogP contribution in [-0.2, 0) is 0 Å². The van der Waals surface area contributed by atoms with Crippen molar-refractivity contribution in [1.82, 2.24) is 10.1 Å². The highest BCUT2D eigenvalue weighted by atomic mass is 35.5. The van der Waals surface area contributed by atoms with E-state index in [-0.39, 0.29) is 34.1 Å². The molecule has 0 spiro atoms. The van der Waals surface area contributed by atoms with Crippen LogP contribution in [0.25, 0.3) is 11.5 Å². The largest absolute Gasteiger partial charge is 0.334 e. The first kappa shape index (κ1) is 14.4. The normalized spacial score (nSPS) is 12.7. The number of nitro groups is 1. The molecule has 1 aromatic carbocycles. The number of nitro benzene ring substituents is 1. The molecule has 7 nitrogen and oxygen atoms in total. The van der Waals surface area contributed by atoms with Gasteiger partial charge >= 0.3 is 0 Å². The van der Waals surface area contributed by atoms with Crippen molar-refractivity contribution in [3.8, 4) is 11.5 Å². The summed E-state index contributed by atoms with van der Waals surface area (Å²) < 4.78 is 5.06. The van der Waals surface area contributed by atoms with Crippen molar-refractivity contribution in [2.24, 2.45) is 11.7 Å². The Morgan fingerprint density at radius 1 is 1.45 bits per heavy atom. The molecular weight excluding hydrogens is 284 g/mol. The molecule has 0 bridgehead atoms. The Balaban J connectivity index is 2.45. The summed E-state index contributed by atoms with van der Waals surface area (Å²) in [6.45, 7) is 3.84. The smallest absolute Gasteiger partial charge is 0.283 e. The quantitative estimate of drug-likeness (QED) is 0.686. The van der Waals surface area contributed by atoms with Gasteiger partial charge < -0.3 is 10.3 Å². The van der Waals surface area contributed by atoms with Crippen molar-refractivity contribution in [3.63, 3.8) is 0 Å². The molecule has 1 unspecified atom stereocenters. The fraction of sp³-hybridized carbons (Fsp3) is 0.333. The number of nitrogens with zero attached hydrogens (tertiary/aromatic N) is 3. The van der Waals surface area contributed by atoms with Crippen molar-refractivity contribution >= 4 is 17.3 Å². The van der Waals surface area contributed by atoms with Gasteiger partial charge in [0, 0.05) is 11.1 Å². The van der Waals surface area contributed by atoms with Crippen LogP contribution in [0, 0.1) is 16.0 Å². The summed E-state index contributed by atoms with van der Waals surface area (Å²) in [6, 6.07) is 3.84. The Labute approximate surface area is 119 Å². The van der Waals surface area contributed by atoms with Crippen molar-refractivity contribution in [2.45, 2.75) is 19.9 Å². The zero-order valence-corrected chi connectivity index (χ0v) is 11.7. The minimum atomic E-state index is -0.548. The van der Waals surface area contributed by atoms with E-state index in [0.717, 1.165) is 0 Å². The SMILES string of the molecule is CC(C)C(N)c1noc(-c2ccc(Cl)cc2[N+](=O)[O-])n1. The van der Waals surface area contributed by atoms with E-state index < -0.39 is 4.92 Å². The monoisotopic (exact) mass is 296 g/mol. The van der Waals surface area contributed by atoms with Crippen LogP contribution >= 0.6 is 11.6 Å². The highest BCUT2D eigenvalue weighted by Crippen LogP contribution is 2.31. The fourth-order valence-corrected chi connectivity index (χ4v) is 1.78.